The minimum Gasteiger partial charge on any atom is -0.492 e. The monoisotopic (exact) mass is 403 g/mol. The fourth-order valence-electron chi connectivity index (χ4n) is 1.66. The average molecular weight is 405 g/mol. The van der Waals surface area contributed by atoms with Gasteiger partial charge in [-0.25, -0.2) is 0 Å². The molecule has 0 saturated heterocycles. The molecule has 1 aromatic heterocycles. The highest BCUT2D eigenvalue weighted by Crippen LogP contribution is 2.21. The molecule has 2 rings (SSSR count). The van der Waals surface area contributed by atoms with Crippen LogP contribution >= 0.6 is 43.2 Å². The zero-order chi connectivity index (χ0) is 13.7. The van der Waals surface area contributed by atoms with Crippen LogP contribution in [0.25, 0.3) is 0 Å². The lowest BCUT2D eigenvalue weighted by molar-refractivity contribution is 0.234. The highest BCUT2D eigenvalue weighted by Gasteiger charge is 2.03. The van der Waals surface area contributed by atoms with Crippen molar-refractivity contribution in [3.05, 3.63) is 49.5 Å². The highest BCUT2D eigenvalue weighted by molar-refractivity contribution is 9.10. The van der Waals surface area contributed by atoms with E-state index in [4.69, 9.17) is 4.74 Å². The summed E-state index contributed by atoms with van der Waals surface area (Å²) in [7, 11) is 2.11. The predicted molar refractivity (Wildman–Crippen MR) is 88.0 cm³/mol. The van der Waals surface area contributed by atoms with Gasteiger partial charge >= 0.3 is 0 Å². The van der Waals surface area contributed by atoms with Crippen molar-refractivity contribution < 1.29 is 4.74 Å². The van der Waals surface area contributed by atoms with E-state index in [2.05, 4.69) is 55.3 Å². The van der Waals surface area contributed by atoms with E-state index in [1.165, 1.54) is 4.88 Å². The van der Waals surface area contributed by atoms with Crippen LogP contribution in [0.2, 0.25) is 0 Å². The third-order valence-electron chi connectivity index (χ3n) is 2.59. The molecule has 0 amide bonds. The maximum atomic E-state index is 5.72. The number of likely N-dealkylation sites (N-methyl/N-ethyl adjacent to an activating group) is 1. The number of benzene rings is 1. The van der Waals surface area contributed by atoms with Crippen molar-refractivity contribution in [1.29, 1.82) is 0 Å². The van der Waals surface area contributed by atoms with E-state index in [1.807, 2.05) is 24.3 Å². The van der Waals surface area contributed by atoms with Gasteiger partial charge < -0.3 is 4.74 Å². The van der Waals surface area contributed by atoms with Crippen molar-refractivity contribution in [3.63, 3.8) is 0 Å². The lowest BCUT2D eigenvalue weighted by Crippen LogP contribution is -2.23. The van der Waals surface area contributed by atoms with Gasteiger partial charge in [-0.3, -0.25) is 4.90 Å². The van der Waals surface area contributed by atoms with Crippen LogP contribution in [0.5, 0.6) is 5.75 Å². The molecular formula is C14H15Br2NOS. The number of hydrogen-bond acceptors (Lipinski definition) is 3. The molecule has 0 fully saturated rings. The third-order valence-corrected chi connectivity index (χ3v) is 4.76. The van der Waals surface area contributed by atoms with Gasteiger partial charge in [0.2, 0.25) is 0 Å². The molecule has 0 bridgehead atoms. The second-order valence-electron chi connectivity index (χ2n) is 4.27. The Morgan fingerprint density at radius 2 is 2.05 bits per heavy atom. The molecule has 0 aliphatic carbocycles. The summed E-state index contributed by atoms with van der Waals surface area (Å²) in [5, 5.41) is 2.11. The van der Waals surface area contributed by atoms with Crippen molar-refractivity contribution >= 4 is 43.2 Å². The van der Waals surface area contributed by atoms with Crippen LogP contribution in [0.4, 0.5) is 0 Å². The van der Waals surface area contributed by atoms with Gasteiger partial charge in [0.15, 0.2) is 0 Å². The maximum Gasteiger partial charge on any atom is 0.120 e. The van der Waals surface area contributed by atoms with E-state index in [9.17, 15) is 0 Å². The summed E-state index contributed by atoms with van der Waals surface area (Å²) in [6, 6.07) is 10.1. The molecule has 1 aromatic carbocycles. The van der Waals surface area contributed by atoms with Crippen molar-refractivity contribution in [1.82, 2.24) is 4.90 Å². The fraction of sp³-hybridized carbons (Fsp3) is 0.286. The summed E-state index contributed by atoms with van der Waals surface area (Å²) >= 11 is 8.68. The summed E-state index contributed by atoms with van der Waals surface area (Å²) in [4.78, 5) is 3.62. The number of halogens is 2. The smallest absolute Gasteiger partial charge is 0.120 e. The molecule has 0 spiro atoms. The van der Waals surface area contributed by atoms with E-state index < -0.39 is 0 Å². The molecule has 2 nitrogen and oxygen atoms in total. The zero-order valence-electron chi connectivity index (χ0n) is 10.6. The first-order chi connectivity index (χ1) is 9.13. The van der Waals surface area contributed by atoms with Crippen LogP contribution < -0.4 is 4.74 Å². The minimum atomic E-state index is 0.694. The number of hydrogen-bond donors (Lipinski definition) is 0. The SMILES string of the molecule is CN(CCOc1cccc(Br)c1)Cc1cc(Br)cs1. The van der Waals surface area contributed by atoms with Gasteiger partial charge in [-0.15, -0.1) is 11.3 Å². The Hall–Kier alpha value is -0.360. The summed E-state index contributed by atoms with van der Waals surface area (Å²) in [6.45, 7) is 2.56. The number of ether oxygens (including phenoxy) is 1. The molecule has 0 unspecified atom stereocenters. The molecule has 102 valence electrons. The van der Waals surface area contributed by atoms with Gasteiger partial charge in [0.1, 0.15) is 12.4 Å². The Morgan fingerprint density at radius 3 is 2.74 bits per heavy atom. The molecule has 0 aliphatic heterocycles. The van der Waals surface area contributed by atoms with Crippen molar-refractivity contribution in [2.75, 3.05) is 20.2 Å². The third kappa shape index (κ3) is 5.26. The van der Waals surface area contributed by atoms with Crippen LogP contribution in [0.3, 0.4) is 0 Å². The first-order valence-electron chi connectivity index (χ1n) is 5.93. The Balaban J connectivity index is 1.73. The topological polar surface area (TPSA) is 12.5 Å². The largest absolute Gasteiger partial charge is 0.492 e. The first-order valence-corrected chi connectivity index (χ1v) is 8.40. The molecule has 0 atom stereocenters. The second-order valence-corrected chi connectivity index (χ2v) is 7.10. The van der Waals surface area contributed by atoms with Crippen molar-refractivity contribution in [3.8, 4) is 5.75 Å². The van der Waals surface area contributed by atoms with E-state index in [0.717, 1.165) is 27.8 Å². The van der Waals surface area contributed by atoms with Crippen LogP contribution in [0, 0.1) is 0 Å². The minimum absolute atomic E-state index is 0.694. The van der Waals surface area contributed by atoms with E-state index in [0.29, 0.717) is 6.61 Å². The van der Waals surface area contributed by atoms with Gasteiger partial charge in [-0.1, -0.05) is 22.0 Å². The summed E-state index contributed by atoms with van der Waals surface area (Å²) in [5.74, 6) is 0.904. The van der Waals surface area contributed by atoms with Crippen LogP contribution in [-0.4, -0.2) is 25.1 Å². The standard InChI is InChI=1S/C14H15Br2NOS/c1-17(9-14-8-12(16)10-19-14)5-6-18-13-4-2-3-11(15)7-13/h2-4,7-8,10H,5-6,9H2,1H3. The molecule has 2 aromatic rings. The predicted octanol–water partition coefficient (Wildman–Crippen LogP) is 4.78. The fourth-order valence-corrected chi connectivity index (χ4v) is 3.57. The lowest BCUT2D eigenvalue weighted by Gasteiger charge is -2.16. The van der Waals surface area contributed by atoms with Gasteiger partial charge in [-0.05, 0) is 47.2 Å². The van der Waals surface area contributed by atoms with Crippen LogP contribution in [0.1, 0.15) is 4.88 Å². The molecular weight excluding hydrogens is 390 g/mol. The number of thiophene rings is 1. The quantitative estimate of drug-likeness (QED) is 0.686. The van der Waals surface area contributed by atoms with E-state index >= 15 is 0 Å². The molecule has 0 N–H and O–H groups in total. The first kappa shape index (κ1) is 15.0. The molecule has 1 heterocycles. The highest BCUT2D eigenvalue weighted by atomic mass is 79.9. The second kappa shape index (κ2) is 7.43. The lowest BCUT2D eigenvalue weighted by atomic mass is 10.3. The number of nitrogens with zero attached hydrogens (tertiary/aromatic N) is 1. The number of rotatable bonds is 6. The molecule has 0 aliphatic rings. The van der Waals surface area contributed by atoms with E-state index in [1.54, 1.807) is 11.3 Å². The zero-order valence-corrected chi connectivity index (χ0v) is 14.6. The molecule has 0 radical (unpaired) electrons. The van der Waals surface area contributed by atoms with Crippen LogP contribution in [0.15, 0.2) is 44.7 Å². The normalized spacial score (nSPS) is 10.9. The summed E-state index contributed by atoms with van der Waals surface area (Å²) < 4.78 is 7.92. The maximum absolute atomic E-state index is 5.72. The van der Waals surface area contributed by atoms with Crippen LogP contribution in [-0.2, 0) is 6.54 Å². The molecule has 0 saturated carbocycles. The molecule has 19 heavy (non-hydrogen) atoms. The molecule has 5 heteroatoms. The average Bonchev–Trinajstić information content (AvgIpc) is 2.75. The van der Waals surface area contributed by atoms with Crippen molar-refractivity contribution in [2.24, 2.45) is 0 Å². The van der Waals surface area contributed by atoms with Gasteiger partial charge in [0, 0.05) is 32.3 Å². The Labute approximate surface area is 134 Å². The summed E-state index contributed by atoms with van der Waals surface area (Å²) in [5.41, 5.74) is 0. The Kier molecular flexibility index (Phi) is 5.88. The summed E-state index contributed by atoms with van der Waals surface area (Å²) in [6.07, 6.45) is 0. The Bertz CT molecular complexity index is 530. The van der Waals surface area contributed by atoms with Gasteiger partial charge in [-0.2, -0.15) is 0 Å². The van der Waals surface area contributed by atoms with Gasteiger partial charge in [0.25, 0.3) is 0 Å². The van der Waals surface area contributed by atoms with Gasteiger partial charge in [0.05, 0.1) is 0 Å². The van der Waals surface area contributed by atoms with Crippen molar-refractivity contribution in [2.45, 2.75) is 6.54 Å². The van der Waals surface area contributed by atoms with E-state index in [-0.39, 0.29) is 0 Å². The Morgan fingerprint density at radius 1 is 1.21 bits per heavy atom.